The Balaban J connectivity index is 2.02. The summed E-state index contributed by atoms with van der Waals surface area (Å²) in [7, 11) is 0. The number of amides is 1. The Morgan fingerprint density at radius 3 is 2.41 bits per heavy atom. The van der Waals surface area contributed by atoms with Gasteiger partial charge in [-0.1, -0.05) is 25.0 Å². The minimum Gasteiger partial charge on any atom is -0.324 e. The zero-order valence-electron chi connectivity index (χ0n) is 10.0. The first-order valence-electron chi connectivity index (χ1n) is 6.12. The number of anilines is 1. The van der Waals surface area contributed by atoms with E-state index in [0.717, 1.165) is 43.4 Å². The second kappa shape index (κ2) is 4.88. The van der Waals surface area contributed by atoms with E-state index in [4.69, 9.17) is 5.73 Å². The summed E-state index contributed by atoms with van der Waals surface area (Å²) < 4.78 is 0. The molecule has 1 radical (unpaired) electrons. The number of carbonyl (C=O) groups excluding carboxylic acids is 1. The molecule has 1 fully saturated rings. The summed E-state index contributed by atoms with van der Waals surface area (Å²) in [5.74, 6) is -0.0580. The van der Waals surface area contributed by atoms with E-state index in [1.54, 1.807) is 0 Å². The lowest BCUT2D eigenvalue weighted by atomic mass is 9.98. The molecule has 2 rings (SSSR count). The predicted octanol–water partition coefficient (Wildman–Crippen LogP) is 2.27. The van der Waals surface area contributed by atoms with Crippen LogP contribution in [-0.2, 0) is 11.2 Å². The highest BCUT2D eigenvalue weighted by Gasteiger charge is 2.36. The highest BCUT2D eigenvalue weighted by Crippen LogP contribution is 2.28. The molecule has 91 valence electrons. The van der Waals surface area contributed by atoms with Crippen LogP contribution in [0.1, 0.15) is 31.2 Å². The van der Waals surface area contributed by atoms with E-state index >= 15 is 0 Å². The minimum atomic E-state index is -0.662. The first-order chi connectivity index (χ1) is 8.14. The standard InChI is InChI=1S/C14H19N2O/c1-2-11-5-7-12(8-6-11)16-13(17)14(15)9-3-4-10-14/h5-8H,1-4,9-10,15H2,(H,16,17). The van der Waals surface area contributed by atoms with Crippen LogP contribution < -0.4 is 11.1 Å². The number of rotatable bonds is 3. The molecule has 1 aromatic rings. The highest BCUT2D eigenvalue weighted by atomic mass is 16.2. The van der Waals surface area contributed by atoms with Gasteiger partial charge in [0.2, 0.25) is 5.91 Å². The van der Waals surface area contributed by atoms with Gasteiger partial charge >= 0.3 is 0 Å². The van der Waals surface area contributed by atoms with E-state index in [0.29, 0.717) is 0 Å². The Morgan fingerprint density at radius 2 is 1.88 bits per heavy atom. The zero-order chi connectivity index (χ0) is 12.3. The first kappa shape index (κ1) is 12.1. The second-order valence-corrected chi connectivity index (χ2v) is 4.76. The van der Waals surface area contributed by atoms with Gasteiger partial charge in [-0.15, -0.1) is 0 Å². The van der Waals surface area contributed by atoms with Crippen molar-refractivity contribution in [1.29, 1.82) is 0 Å². The van der Waals surface area contributed by atoms with Gasteiger partial charge in [-0.2, -0.15) is 0 Å². The van der Waals surface area contributed by atoms with Crippen LogP contribution in [0.2, 0.25) is 0 Å². The molecule has 1 amide bonds. The molecule has 1 aromatic carbocycles. The Kier molecular flexibility index (Phi) is 3.48. The maximum Gasteiger partial charge on any atom is 0.244 e. The Labute approximate surface area is 102 Å². The van der Waals surface area contributed by atoms with E-state index < -0.39 is 5.54 Å². The number of carbonyl (C=O) groups is 1. The molecule has 0 unspecified atom stereocenters. The molecule has 0 saturated heterocycles. The normalized spacial score (nSPS) is 18.0. The van der Waals surface area contributed by atoms with E-state index in [1.807, 2.05) is 24.3 Å². The van der Waals surface area contributed by atoms with E-state index in [1.165, 1.54) is 0 Å². The first-order valence-corrected chi connectivity index (χ1v) is 6.12. The van der Waals surface area contributed by atoms with Gasteiger partial charge in [-0.25, -0.2) is 0 Å². The fourth-order valence-electron chi connectivity index (χ4n) is 2.24. The molecule has 1 saturated carbocycles. The van der Waals surface area contributed by atoms with Gasteiger partial charge in [0.05, 0.1) is 5.54 Å². The largest absolute Gasteiger partial charge is 0.324 e. The summed E-state index contributed by atoms with van der Waals surface area (Å²) in [4.78, 5) is 12.0. The van der Waals surface area contributed by atoms with Gasteiger partial charge in [0.25, 0.3) is 0 Å². The number of hydrogen-bond acceptors (Lipinski definition) is 2. The zero-order valence-corrected chi connectivity index (χ0v) is 10.0. The highest BCUT2D eigenvalue weighted by molar-refractivity contribution is 5.98. The molecular formula is C14H19N2O. The monoisotopic (exact) mass is 231 g/mol. The van der Waals surface area contributed by atoms with Crippen LogP contribution in [0.5, 0.6) is 0 Å². The molecule has 0 aromatic heterocycles. The summed E-state index contributed by atoms with van der Waals surface area (Å²) in [6, 6.07) is 7.74. The van der Waals surface area contributed by atoms with Crippen molar-refractivity contribution in [3.63, 3.8) is 0 Å². The van der Waals surface area contributed by atoms with Gasteiger partial charge in [0.15, 0.2) is 0 Å². The number of hydrogen-bond donors (Lipinski definition) is 2. The molecule has 3 heteroatoms. The van der Waals surface area contributed by atoms with Crippen LogP contribution >= 0.6 is 0 Å². The van der Waals surface area contributed by atoms with Crippen molar-refractivity contribution in [2.45, 2.75) is 37.6 Å². The Bertz CT molecular complexity index is 391. The van der Waals surface area contributed by atoms with Crippen molar-refractivity contribution < 1.29 is 4.79 Å². The quantitative estimate of drug-likeness (QED) is 0.838. The molecule has 1 aliphatic carbocycles. The molecule has 3 nitrogen and oxygen atoms in total. The summed E-state index contributed by atoms with van der Waals surface area (Å²) in [6.45, 7) is 3.81. The second-order valence-electron chi connectivity index (χ2n) is 4.76. The van der Waals surface area contributed by atoms with Crippen LogP contribution in [0.15, 0.2) is 24.3 Å². The Hall–Kier alpha value is -1.35. The third kappa shape index (κ3) is 2.67. The van der Waals surface area contributed by atoms with Crippen molar-refractivity contribution >= 4 is 11.6 Å². The molecule has 0 atom stereocenters. The number of nitrogens with one attached hydrogen (secondary N) is 1. The van der Waals surface area contributed by atoms with Crippen molar-refractivity contribution in [2.24, 2.45) is 5.73 Å². The average molecular weight is 231 g/mol. The molecule has 1 aliphatic rings. The van der Waals surface area contributed by atoms with Gasteiger partial charge in [-0.05, 0) is 43.9 Å². The maximum absolute atomic E-state index is 12.0. The molecule has 0 heterocycles. The smallest absolute Gasteiger partial charge is 0.244 e. The number of nitrogens with two attached hydrogens (primary N) is 1. The lowest BCUT2D eigenvalue weighted by Gasteiger charge is -2.22. The van der Waals surface area contributed by atoms with Gasteiger partial charge in [0.1, 0.15) is 0 Å². The SMILES string of the molecule is [CH2]Cc1ccc(NC(=O)C2(N)CCCC2)cc1. The molecular weight excluding hydrogens is 212 g/mol. The third-order valence-corrected chi connectivity index (χ3v) is 3.45. The van der Waals surface area contributed by atoms with Crippen molar-refractivity contribution in [2.75, 3.05) is 5.32 Å². The topological polar surface area (TPSA) is 55.1 Å². The molecule has 3 N–H and O–H groups in total. The molecule has 0 spiro atoms. The fraction of sp³-hybridized carbons (Fsp3) is 0.429. The van der Waals surface area contributed by atoms with Crippen LogP contribution in [-0.4, -0.2) is 11.4 Å². The fourth-order valence-corrected chi connectivity index (χ4v) is 2.24. The van der Waals surface area contributed by atoms with Crippen LogP contribution in [0.25, 0.3) is 0 Å². The number of benzene rings is 1. The van der Waals surface area contributed by atoms with Gasteiger partial charge in [-0.3, -0.25) is 4.79 Å². The third-order valence-electron chi connectivity index (χ3n) is 3.45. The van der Waals surface area contributed by atoms with E-state index in [2.05, 4.69) is 12.2 Å². The molecule has 0 bridgehead atoms. The van der Waals surface area contributed by atoms with E-state index in [9.17, 15) is 4.79 Å². The average Bonchev–Trinajstić information content (AvgIpc) is 2.78. The van der Waals surface area contributed by atoms with Gasteiger partial charge < -0.3 is 11.1 Å². The lowest BCUT2D eigenvalue weighted by Crippen LogP contribution is -2.48. The van der Waals surface area contributed by atoms with E-state index in [-0.39, 0.29) is 5.91 Å². The van der Waals surface area contributed by atoms with Gasteiger partial charge in [0, 0.05) is 5.69 Å². The summed E-state index contributed by atoms with van der Waals surface area (Å²) in [5.41, 5.74) is 7.39. The Morgan fingerprint density at radius 1 is 1.29 bits per heavy atom. The van der Waals surface area contributed by atoms with Crippen molar-refractivity contribution in [1.82, 2.24) is 0 Å². The summed E-state index contributed by atoms with van der Waals surface area (Å²) in [6.07, 6.45) is 4.43. The van der Waals surface area contributed by atoms with Crippen molar-refractivity contribution in [3.8, 4) is 0 Å². The molecule has 0 aliphatic heterocycles. The van der Waals surface area contributed by atoms with Crippen LogP contribution in [0, 0.1) is 6.92 Å². The lowest BCUT2D eigenvalue weighted by molar-refractivity contribution is -0.121. The summed E-state index contributed by atoms with van der Waals surface area (Å²) >= 11 is 0. The van der Waals surface area contributed by atoms with Crippen LogP contribution in [0.3, 0.4) is 0 Å². The summed E-state index contributed by atoms with van der Waals surface area (Å²) in [5, 5.41) is 2.89. The maximum atomic E-state index is 12.0. The molecule has 17 heavy (non-hydrogen) atoms. The van der Waals surface area contributed by atoms with Crippen LogP contribution in [0.4, 0.5) is 5.69 Å². The van der Waals surface area contributed by atoms with Crippen molar-refractivity contribution in [3.05, 3.63) is 36.8 Å². The minimum absolute atomic E-state index is 0.0580. The predicted molar refractivity (Wildman–Crippen MR) is 69.5 cm³/mol.